The molecular weight excluding hydrogens is 376 g/mol. The summed E-state index contributed by atoms with van der Waals surface area (Å²) in [7, 11) is 1.71. The van der Waals surface area contributed by atoms with Gasteiger partial charge in [0.25, 0.3) is 0 Å². The van der Waals surface area contributed by atoms with Gasteiger partial charge < -0.3 is 4.74 Å². The molecule has 0 saturated carbocycles. The van der Waals surface area contributed by atoms with Crippen LogP contribution in [0.25, 0.3) is 49.4 Å². The summed E-state index contributed by atoms with van der Waals surface area (Å²) in [6.07, 6.45) is 0. The van der Waals surface area contributed by atoms with E-state index in [4.69, 9.17) is 4.74 Å². The van der Waals surface area contributed by atoms with Crippen molar-refractivity contribution in [2.45, 2.75) is 6.92 Å². The van der Waals surface area contributed by atoms with E-state index in [0.29, 0.717) is 0 Å². The maximum Gasteiger partial charge on any atom is 0.119 e. The van der Waals surface area contributed by atoms with Crippen molar-refractivity contribution in [1.29, 1.82) is 0 Å². The highest BCUT2D eigenvalue weighted by Gasteiger charge is 2.26. The van der Waals surface area contributed by atoms with E-state index in [0.717, 1.165) is 16.9 Å². The molecule has 0 heterocycles. The minimum atomic E-state index is 0.863. The highest BCUT2D eigenvalue weighted by molar-refractivity contribution is 6.15. The van der Waals surface area contributed by atoms with Crippen LogP contribution in [0.3, 0.4) is 0 Å². The molecule has 0 radical (unpaired) electrons. The van der Waals surface area contributed by atoms with Crippen molar-refractivity contribution < 1.29 is 4.74 Å². The molecule has 31 heavy (non-hydrogen) atoms. The van der Waals surface area contributed by atoms with E-state index in [2.05, 4.69) is 92.4 Å². The van der Waals surface area contributed by atoms with Crippen LogP contribution in [0.5, 0.6) is 5.75 Å². The molecule has 0 fully saturated rings. The quantitative estimate of drug-likeness (QED) is 0.268. The van der Waals surface area contributed by atoms with Crippen molar-refractivity contribution in [3.63, 3.8) is 0 Å². The van der Waals surface area contributed by atoms with E-state index < -0.39 is 0 Å². The molecule has 5 aromatic rings. The van der Waals surface area contributed by atoms with Crippen molar-refractivity contribution >= 4 is 27.1 Å². The third-order valence-electron chi connectivity index (χ3n) is 6.61. The maximum absolute atomic E-state index is 5.47. The average Bonchev–Trinajstić information content (AvgIpc) is 3.11. The van der Waals surface area contributed by atoms with Gasteiger partial charge in [0.05, 0.1) is 7.11 Å². The Morgan fingerprint density at radius 3 is 2.10 bits per heavy atom. The lowest BCUT2D eigenvalue weighted by molar-refractivity contribution is 0.415. The van der Waals surface area contributed by atoms with Gasteiger partial charge in [-0.15, -0.1) is 0 Å². The Hall–Kier alpha value is -3.84. The van der Waals surface area contributed by atoms with Crippen molar-refractivity contribution in [2.24, 2.45) is 0 Å². The lowest BCUT2D eigenvalue weighted by Crippen LogP contribution is -1.89. The number of aryl methyl sites for hydroxylation is 1. The molecule has 1 heteroatoms. The van der Waals surface area contributed by atoms with E-state index in [1.807, 2.05) is 6.07 Å². The first-order valence-electron chi connectivity index (χ1n) is 10.6. The first-order chi connectivity index (χ1) is 15.2. The van der Waals surface area contributed by atoms with Gasteiger partial charge in [0.15, 0.2) is 0 Å². The molecule has 0 spiro atoms. The summed E-state index contributed by atoms with van der Waals surface area (Å²) in [5.41, 5.74) is 9.74. The monoisotopic (exact) mass is 398 g/mol. The first-order valence-corrected chi connectivity index (χ1v) is 10.6. The number of methoxy groups -OCH3 is 1. The SMILES string of the molecule is C=C1c2cc(OC)ccc2-c2c1cccc2-c1cccc2c1cc(C)c1ccccc12. The van der Waals surface area contributed by atoms with Gasteiger partial charge in [-0.3, -0.25) is 0 Å². The molecule has 0 aromatic heterocycles. The van der Waals surface area contributed by atoms with Crippen molar-refractivity contribution in [3.05, 3.63) is 108 Å². The van der Waals surface area contributed by atoms with Crippen LogP contribution in [0.4, 0.5) is 0 Å². The van der Waals surface area contributed by atoms with E-state index in [1.54, 1.807) is 7.11 Å². The normalized spacial score (nSPS) is 12.3. The molecule has 6 rings (SSSR count). The smallest absolute Gasteiger partial charge is 0.119 e. The molecule has 1 nitrogen and oxygen atoms in total. The van der Waals surface area contributed by atoms with Crippen LogP contribution in [-0.4, -0.2) is 7.11 Å². The second kappa shape index (κ2) is 6.58. The second-order valence-electron chi connectivity index (χ2n) is 8.26. The molecule has 0 unspecified atom stereocenters. The fourth-order valence-corrected chi connectivity index (χ4v) is 5.13. The molecule has 0 amide bonds. The van der Waals surface area contributed by atoms with Gasteiger partial charge in [-0.1, -0.05) is 79.4 Å². The van der Waals surface area contributed by atoms with E-state index in [1.165, 1.54) is 54.9 Å². The number of hydrogen-bond acceptors (Lipinski definition) is 1. The predicted octanol–water partition coefficient (Wildman–Crippen LogP) is 8.02. The summed E-state index contributed by atoms with van der Waals surface area (Å²) in [4.78, 5) is 0. The van der Waals surface area contributed by atoms with Crippen LogP contribution >= 0.6 is 0 Å². The number of fused-ring (bicyclic) bond motifs is 6. The number of hydrogen-bond donors (Lipinski definition) is 0. The first kappa shape index (κ1) is 18.0. The topological polar surface area (TPSA) is 9.23 Å². The van der Waals surface area contributed by atoms with E-state index >= 15 is 0 Å². The van der Waals surface area contributed by atoms with Crippen molar-refractivity contribution in [1.82, 2.24) is 0 Å². The number of benzene rings is 5. The molecule has 0 bridgehead atoms. The molecule has 0 aliphatic heterocycles. The molecular formula is C30H22O. The fraction of sp³-hybridized carbons (Fsp3) is 0.0667. The molecule has 0 atom stereocenters. The van der Waals surface area contributed by atoms with E-state index in [-0.39, 0.29) is 0 Å². The Labute approximate surface area is 182 Å². The number of rotatable bonds is 2. The van der Waals surface area contributed by atoms with Crippen LogP contribution in [0, 0.1) is 6.92 Å². The molecule has 1 aliphatic carbocycles. The summed E-state index contributed by atoms with van der Waals surface area (Å²) in [5, 5.41) is 5.21. The Balaban J connectivity index is 1.69. The zero-order valence-corrected chi connectivity index (χ0v) is 17.7. The van der Waals surface area contributed by atoms with Crippen LogP contribution in [0.1, 0.15) is 16.7 Å². The van der Waals surface area contributed by atoms with Gasteiger partial charge in [0.2, 0.25) is 0 Å². The van der Waals surface area contributed by atoms with Crippen LogP contribution in [-0.2, 0) is 0 Å². The zero-order chi connectivity index (χ0) is 21.1. The molecule has 0 N–H and O–H groups in total. The van der Waals surface area contributed by atoms with Crippen molar-refractivity contribution in [3.8, 4) is 28.0 Å². The largest absolute Gasteiger partial charge is 0.497 e. The third kappa shape index (κ3) is 2.50. The molecule has 0 saturated heterocycles. The maximum atomic E-state index is 5.47. The minimum Gasteiger partial charge on any atom is -0.497 e. The third-order valence-corrected chi connectivity index (χ3v) is 6.61. The Morgan fingerprint density at radius 2 is 1.26 bits per heavy atom. The van der Waals surface area contributed by atoms with Gasteiger partial charge >= 0.3 is 0 Å². The average molecular weight is 399 g/mol. The zero-order valence-electron chi connectivity index (χ0n) is 17.7. The minimum absolute atomic E-state index is 0.863. The molecule has 5 aromatic carbocycles. The van der Waals surface area contributed by atoms with Gasteiger partial charge in [-0.25, -0.2) is 0 Å². The van der Waals surface area contributed by atoms with E-state index in [9.17, 15) is 0 Å². The summed E-state index contributed by atoms with van der Waals surface area (Å²) in [5.74, 6) is 0.863. The van der Waals surface area contributed by atoms with Gasteiger partial charge in [0.1, 0.15) is 5.75 Å². The molecule has 1 aliphatic rings. The van der Waals surface area contributed by atoms with Crippen molar-refractivity contribution in [2.75, 3.05) is 7.11 Å². The standard InChI is InChI=1S/C30H22O/c1-18-16-29-24(23-9-5-4-8-21(18)23)11-7-12-25(29)26-13-6-10-22-19(2)28-17-20(31-3)14-15-27(28)30(22)26/h4-17H,2H2,1,3H3. The van der Waals surface area contributed by atoms with Crippen LogP contribution < -0.4 is 4.74 Å². The fourth-order valence-electron chi connectivity index (χ4n) is 5.13. The van der Waals surface area contributed by atoms with Gasteiger partial charge in [-0.2, -0.15) is 0 Å². The molecule has 148 valence electrons. The second-order valence-corrected chi connectivity index (χ2v) is 8.26. The highest BCUT2D eigenvalue weighted by atomic mass is 16.5. The Kier molecular flexibility index (Phi) is 3.82. The lowest BCUT2D eigenvalue weighted by Gasteiger charge is -2.15. The Bertz CT molecular complexity index is 1540. The van der Waals surface area contributed by atoms with Crippen LogP contribution in [0.2, 0.25) is 0 Å². The summed E-state index contributed by atoms with van der Waals surface area (Å²) < 4.78 is 5.47. The highest BCUT2D eigenvalue weighted by Crippen LogP contribution is 2.50. The van der Waals surface area contributed by atoms with Gasteiger partial charge in [0, 0.05) is 0 Å². The Morgan fingerprint density at radius 1 is 0.581 bits per heavy atom. The predicted molar refractivity (Wildman–Crippen MR) is 132 cm³/mol. The summed E-state index contributed by atoms with van der Waals surface area (Å²) in [6.45, 7) is 6.61. The lowest BCUT2D eigenvalue weighted by atomic mass is 9.88. The van der Waals surface area contributed by atoms with Gasteiger partial charge in [-0.05, 0) is 85.1 Å². The summed E-state index contributed by atoms with van der Waals surface area (Å²) >= 11 is 0. The number of ether oxygens (including phenoxy) is 1. The van der Waals surface area contributed by atoms with Crippen LogP contribution in [0.15, 0.2) is 91.5 Å². The summed E-state index contributed by atoms with van der Waals surface area (Å²) in [6, 6.07) is 30.6.